The summed E-state index contributed by atoms with van der Waals surface area (Å²) < 4.78 is 14.0. The van der Waals surface area contributed by atoms with Crippen LogP contribution in [0.4, 0.5) is 10.1 Å². The van der Waals surface area contributed by atoms with Gasteiger partial charge >= 0.3 is 5.97 Å². The molecule has 6 heteroatoms. The van der Waals surface area contributed by atoms with E-state index in [4.69, 9.17) is 0 Å². The first-order chi connectivity index (χ1) is 16.9. The number of carboxylic acids is 1. The van der Waals surface area contributed by atoms with Gasteiger partial charge in [0.05, 0.1) is 11.6 Å². The molecule has 3 N–H and O–H groups in total. The van der Waals surface area contributed by atoms with Gasteiger partial charge in [0.25, 0.3) is 0 Å². The van der Waals surface area contributed by atoms with Crippen LogP contribution in [0.1, 0.15) is 51.6 Å². The first kappa shape index (κ1) is 25.7. The quantitative estimate of drug-likeness (QED) is 0.262. The van der Waals surface area contributed by atoms with Gasteiger partial charge < -0.3 is 15.7 Å². The lowest BCUT2D eigenvalue weighted by atomic mass is 9.82. The molecule has 0 bridgehead atoms. The summed E-state index contributed by atoms with van der Waals surface area (Å²) in [5.74, 6) is -1.07. The lowest BCUT2D eigenvalue weighted by Gasteiger charge is -2.36. The Labute approximate surface area is 217 Å². The van der Waals surface area contributed by atoms with Gasteiger partial charge in [-0.3, -0.25) is 0 Å². The highest BCUT2D eigenvalue weighted by atomic mass is 35.5. The molecule has 0 radical (unpaired) electrons. The number of aryl methyl sites for hydroxylation is 1. The van der Waals surface area contributed by atoms with E-state index >= 15 is 0 Å². The van der Waals surface area contributed by atoms with Crippen LogP contribution in [0.5, 0.6) is 0 Å². The molecule has 5 rings (SSSR count). The normalized spacial score (nSPS) is 17.5. The fourth-order valence-corrected chi connectivity index (χ4v) is 5.23. The number of carboxylic acid groups (broad SMARTS) is 1. The molecule has 0 fully saturated rings. The maximum absolute atomic E-state index is 14.0. The van der Waals surface area contributed by atoms with Gasteiger partial charge in [0.2, 0.25) is 0 Å². The van der Waals surface area contributed by atoms with Crippen molar-refractivity contribution in [1.29, 1.82) is 0 Å². The number of hydrogen-bond acceptors (Lipinski definition) is 3. The zero-order valence-electron chi connectivity index (χ0n) is 20.3. The molecule has 0 saturated carbocycles. The number of aromatic carboxylic acids is 1. The van der Waals surface area contributed by atoms with Crippen molar-refractivity contribution in [3.63, 3.8) is 0 Å². The Hall–Kier alpha value is -3.41. The summed E-state index contributed by atoms with van der Waals surface area (Å²) in [7, 11) is 0. The van der Waals surface area contributed by atoms with Crippen molar-refractivity contribution in [3.05, 3.63) is 112 Å². The maximum atomic E-state index is 14.0. The first-order valence-corrected chi connectivity index (χ1v) is 12.0. The van der Waals surface area contributed by atoms with Crippen LogP contribution >= 0.6 is 12.4 Å². The third-order valence-electron chi connectivity index (χ3n) is 7.16. The molecule has 1 aliphatic heterocycles. The van der Waals surface area contributed by atoms with Crippen molar-refractivity contribution in [2.45, 2.75) is 32.4 Å². The molecule has 4 aromatic carbocycles. The standard InChI is InChI=1S/C30H29FN2O2.ClH/c1-18-10-11-21(16-27(18)30(34)35)29-23(14-22-15-24(31)12-13-28(22)33-29)17-32-19(2)25-9-5-7-20-6-3-4-8-26(20)25;/h3-13,15-16,19,23,29,32-33H,14,17H2,1-2H3,(H,34,35);1H/t19-,23?,29?;/m1./s1. The number of carbonyl (C=O) groups is 1. The zero-order chi connectivity index (χ0) is 24.5. The Bertz CT molecular complexity index is 1400. The number of fused-ring (bicyclic) bond motifs is 2. The summed E-state index contributed by atoms with van der Waals surface area (Å²) >= 11 is 0. The second kappa shape index (κ2) is 10.7. The predicted octanol–water partition coefficient (Wildman–Crippen LogP) is 7.08. The molecule has 0 amide bonds. The van der Waals surface area contributed by atoms with Gasteiger partial charge in [0.1, 0.15) is 5.82 Å². The Morgan fingerprint density at radius 3 is 2.67 bits per heavy atom. The largest absolute Gasteiger partial charge is 0.478 e. The first-order valence-electron chi connectivity index (χ1n) is 12.0. The minimum absolute atomic E-state index is 0. The van der Waals surface area contributed by atoms with E-state index in [1.807, 2.05) is 25.1 Å². The minimum Gasteiger partial charge on any atom is -0.478 e. The van der Waals surface area contributed by atoms with Crippen molar-refractivity contribution >= 4 is 34.8 Å². The fraction of sp³-hybridized carbons (Fsp3) is 0.233. The number of benzene rings is 4. The lowest BCUT2D eigenvalue weighted by molar-refractivity contribution is 0.0696. The lowest BCUT2D eigenvalue weighted by Crippen LogP contribution is -2.36. The van der Waals surface area contributed by atoms with Crippen LogP contribution in [-0.4, -0.2) is 17.6 Å². The number of rotatable bonds is 6. The van der Waals surface area contributed by atoms with Gasteiger partial charge in [-0.25, -0.2) is 9.18 Å². The number of halogens is 2. The molecule has 1 heterocycles. The van der Waals surface area contributed by atoms with E-state index in [2.05, 4.69) is 54.0 Å². The molecule has 36 heavy (non-hydrogen) atoms. The van der Waals surface area contributed by atoms with Crippen LogP contribution in [0.3, 0.4) is 0 Å². The minimum atomic E-state index is -0.929. The van der Waals surface area contributed by atoms with E-state index in [0.29, 0.717) is 18.5 Å². The SMILES string of the molecule is Cc1ccc(C2Nc3ccc(F)cc3CC2CN[C@H](C)c2cccc3ccccc23)cc1C(=O)O.Cl. The second-order valence-electron chi connectivity index (χ2n) is 9.47. The highest BCUT2D eigenvalue weighted by molar-refractivity contribution is 5.89. The Morgan fingerprint density at radius 2 is 1.86 bits per heavy atom. The van der Waals surface area contributed by atoms with Gasteiger partial charge in [-0.2, -0.15) is 0 Å². The van der Waals surface area contributed by atoms with Gasteiger partial charge in [-0.05, 0) is 83.5 Å². The Kier molecular flexibility index (Phi) is 7.62. The van der Waals surface area contributed by atoms with Gasteiger partial charge in [-0.15, -0.1) is 12.4 Å². The maximum Gasteiger partial charge on any atom is 0.335 e. The number of anilines is 1. The van der Waals surface area contributed by atoms with Gasteiger partial charge in [0.15, 0.2) is 0 Å². The Morgan fingerprint density at radius 1 is 1.08 bits per heavy atom. The molecule has 0 spiro atoms. The molecule has 1 aliphatic rings. The predicted molar refractivity (Wildman–Crippen MR) is 146 cm³/mol. The third kappa shape index (κ3) is 5.08. The van der Waals surface area contributed by atoms with E-state index in [9.17, 15) is 14.3 Å². The third-order valence-corrected chi connectivity index (χ3v) is 7.16. The van der Waals surface area contributed by atoms with E-state index < -0.39 is 5.97 Å². The van der Waals surface area contributed by atoms with Crippen LogP contribution in [-0.2, 0) is 6.42 Å². The van der Waals surface area contributed by atoms with Gasteiger partial charge in [0, 0.05) is 18.3 Å². The monoisotopic (exact) mass is 504 g/mol. The molecule has 2 unspecified atom stereocenters. The highest BCUT2D eigenvalue weighted by Crippen LogP contribution is 2.38. The van der Waals surface area contributed by atoms with Gasteiger partial charge in [-0.1, -0.05) is 54.6 Å². The second-order valence-corrected chi connectivity index (χ2v) is 9.47. The van der Waals surface area contributed by atoms with E-state index in [-0.39, 0.29) is 36.2 Å². The van der Waals surface area contributed by atoms with Crippen LogP contribution in [0, 0.1) is 18.7 Å². The average molecular weight is 505 g/mol. The number of hydrogen-bond donors (Lipinski definition) is 3. The van der Waals surface area contributed by atoms with Crippen molar-refractivity contribution in [3.8, 4) is 0 Å². The highest BCUT2D eigenvalue weighted by Gasteiger charge is 2.30. The molecule has 3 atom stereocenters. The summed E-state index contributed by atoms with van der Waals surface area (Å²) in [6.07, 6.45) is 0.691. The van der Waals surface area contributed by atoms with E-state index in [0.717, 1.165) is 22.4 Å². The smallest absolute Gasteiger partial charge is 0.335 e. The van der Waals surface area contributed by atoms with Crippen LogP contribution in [0.2, 0.25) is 0 Å². The van der Waals surface area contributed by atoms with Crippen molar-refractivity contribution < 1.29 is 14.3 Å². The van der Waals surface area contributed by atoms with Crippen LogP contribution in [0.25, 0.3) is 10.8 Å². The average Bonchev–Trinajstić information content (AvgIpc) is 2.86. The fourth-order valence-electron chi connectivity index (χ4n) is 5.23. The summed E-state index contributed by atoms with van der Waals surface area (Å²) in [5, 5.41) is 19.4. The van der Waals surface area contributed by atoms with E-state index in [1.165, 1.54) is 22.4 Å². The Balaban J connectivity index is 0.00000304. The van der Waals surface area contributed by atoms with Crippen LogP contribution in [0.15, 0.2) is 78.9 Å². The molecular formula is C30H30ClFN2O2. The molecule has 4 aromatic rings. The summed E-state index contributed by atoms with van der Waals surface area (Å²) in [5.41, 5.74) is 5.04. The van der Waals surface area contributed by atoms with Crippen LogP contribution < -0.4 is 10.6 Å². The molecule has 0 aromatic heterocycles. The molecule has 186 valence electrons. The summed E-state index contributed by atoms with van der Waals surface area (Å²) in [4.78, 5) is 11.8. The van der Waals surface area contributed by atoms with Crippen molar-refractivity contribution in [2.75, 3.05) is 11.9 Å². The number of nitrogens with one attached hydrogen (secondary N) is 2. The molecule has 0 aliphatic carbocycles. The summed E-state index contributed by atoms with van der Waals surface area (Å²) in [6.45, 7) is 4.66. The molecular weight excluding hydrogens is 475 g/mol. The zero-order valence-corrected chi connectivity index (χ0v) is 21.1. The summed E-state index contributed by atoms with van der Waals surface area (Å²) in [6, 6.07) is 25.2. The van der Waals surface area contributed by atoms with E-state index in [1.54, 1.807) is 18.2 Å². The van der Waals surface area contributed by atoms with Crippen molar-refractivity contribution in [2.24, 2.45) is 5.92 Å². The molecule has 0 saturated heterocycles. The topological polar surface area (TPSA) is 61.4 Å². The van der Waals surface area contributed by atoms with Crippen molar-refractivity contribution in [1.82, 2.24) is 5.32 Å². The molecule has 4 nitrogen and oxygen atoms in total.